The third kappa shape index (κ3) is 4.90. The Balaban J connectivity index is 1.32. The van der Waals surface area contributed by atoms with Crippen LogP contribution in [-0.2, 0) is 14.3 Å². The Morgan fingerprint density at radius 2 is 1.79 bits per heavy atom. The van der Waals surface area contributed by atoms with Crippen LogP contribution in [0, 0.1) is 11.8 Å². The number of benzene rings is 1. The summed E-state index contributed by atoms with van der Waals surface area (Å²) in [5.74, 6) is 0.597. The number of ether oxygens (including phenoxy) is 2. The molecule has 0 aromatic heterocycles. The van der Waals surface area contributed by atoms with Gasteiger partial charge in [0.2, 0.25) is 5.91 Å². The zero-order chi connectivity index (χ0) is 19.3. The van der Waals surface area contributed by atoms with Crippen molar-refractivity contribution in [3.63, 3.8) is 0 Å². The second-order valence-electron chi connectivity index (χ2n) is 7.89. The van der Waals surface area contributed by atoms with Crippen LogP contribution in [0.3, 0.4) is 0 Å². The van der Waals surface area contributed by atoms with Crippen molar-refractivity contribution in [3.8, 4) is 0 Å². The summed E-state index contributed by atoms with van der Waals surface area (Å²) < 4.78 is 11.1. The molecular weight excluding hydrogens is 358 g/mol. The van der Waals surface area contributed by atoms with E-state index in [0.717, 1.165) is 64.5 Å². The average molecular weight is 387 g/mol. The van der Waals surface area contributed by atoms with Crippen LogP contribution in [0.25, 0.3) is 0 Å². The van der Waals surface area contributed by atoms with E-state index in [4.69, 9.17) is 9.47 Å². The minimum Gasteiger partial charge on any atom is -0.381 e. The molecule has 7 nitrogen and oxygen atoms in total. The number of hydrogen-bond donors (Lipinski definition) is 2. The highest BCUT2D eigenvalue weighted by atomic mass is 16.5. The quantitative estimate of drug-likeness (QED) is 0.741. The van der Waals surface area contributed by atoms with E-state index in [1.807, 2.05) is 0 Å². The van der Waals surface area contributed by atoms with Gasteiger partial charge in [0, 0.05) is 55.4 Å². The fourth-order valence-electron chi connectivity index (χ4n) is 3.95. The smallest absolute Gasteiger partial charge is 0.251 e. The molecule has 2 aliphatic heterocycles. The van der Waals surface area contributed by atoms with E-state index < -0.39 is 0 Å². The normalized spacial score (nSPS) is 23.9. The lowest BCUT2D eigenvalue weighted by Gasteiger charge is -2.37. The molecule has 2 atom stereocenters. The first-order valence-electron chi connectivity index (χ1n) is 10.3. The molecule has 4 rings (SSSR count). The van der Waals surface area contributed by atoms with Crippen LogP contribution in [0.4, 0.5) is 5.69 Å². The van der Waals surface area contributed by atoms with Crippen molar-refractivity contribution < 1.29 is 19.1 Å². The minimum absolute atomic E-state index is 0.0735. The zero-order valence-electron chi connectivity index (χ0n) is 16.2. The molecule has 0 radical (unpaired) electrons. The SMILES string of the molecule is O=C(NCC(C1CCOC1)N1CCOCC1)c1ccc(NC(=O)C2CC2)cc1. The van der Waals surface area contributed by atoms with Crippen LogP contribution in [-0.4, -0.2) is 68.8 Å². The van der Waals surface area contributed by atoms with Crippen molar-refractivity contribution >= 4 is 17.5 Å². The summed E-state index contributed by atoms with van der Waals surface area (Å²) in [4.78, 5) is 26.9. The number of amides is 2. The number of rotatable bonds is 7. The Hall–Kier alpha value is -1.96. The molecule has 2 saturated heterocycles. The number of carbonyl (C=O) groups is 2. The number of hydrogen-bond acceptors (Lipinski definition) is 5. The number of nitrogens with zero attached hydrogens (tertiary/aromatic N) is 1. The molecular formula is C21H29N3O4. The summed E-state index contributed by atoms with van der Waals surface area (Å²) in [6.45, 7) is 5.44. The molecule has 28 heavy (non-hydrogen) atoms. The largest absolute Gasteiger partial charge is 0.381 e. The maximum absolute atomic E-state index is 12.6. The zero-order valence-corrected chi connectivity index (χ0v) is 16.2. The van der Waals surface area contributed by atoms with Gasteiger partial charge in [-0.25, -0.2) is 0 Å². The Morgan fingerprint density at radius 3 is 2.43 bits per heavy atom. The molecule has 7 heteroatoms. The summed E-state index contributed by atoms with van der Waals surface area (Å²) in [6.07, 6.45) is 2.98. The molecule has 2 heterocycles. The molecule has 1 aromatic rings. The number of nitrogens with one attached hydrogen (secondary N) is 2. The van der Waals surface area contributed by atoms with Crippen molar-refractivity contribution in [1.82, 2.24) is 10.2 Å². The van der Waals surface area contributed by atoms with E-state index in [9.17, 15) is 9.59 Å². The molecule has 0 spiro atoms. The molecule has 2 unspecified atom stereocenters. The molecule has 3 fully saturated rings. The van der Waals surface area contributed by atoms with Crippen molar-refractivity contribution in [3.05, 3.63) is 29.8 Å². The van der Waals surface area contributed by atoms with Crippen LogP contribution >= 0.6 is 0 Å². The molecule has 2 amide bonds. The van der Waals surface area contributed by atoms with Gasteiger partial charge in [-0.15, -0.1) is 0 Å². The summed E-state index contributed by atoms with van der Waals surface area (Å²) in [5, 5.41) is 5.99. The van der Waals surface area contributed by atoms with Gasteiger partial charge >= 0.3 is 0 Å². The predicted molar refractivity (Wildman–Crippen MR) is 105 cm³/mol. The first kappa shape index (κ1) is 19.4. The molecule has 3 aliphatic rings. The molecule has 0 bridgehead atoms. The van der Waals surface area contributed by atoms with Gasteiger partial charge in [0.05, 0.1) is 19.8 Å². The molecule has 1 aromatic carbocycles. The van der Waals surface area contributed by atoms with Crippen molar-refractivity contribution in [2.75, 3.05) is 51.4 Å². The van der Waals surface area contributed by atoms with Gasteiger partial charge in [0.1, 0.15) is 0 Å². The second-order valence-corrected chi connectivity index (χ2v) is 7.89. The number of anilines is 1. The lowest BCUT2D eigenvalue weighted by Crippen LogP contribution is -2.52. The van der Waals surface area contributed by atoms with E-state index in [1.54, 1.807) is 24.3 Å². The first-order chi connectivity index (χ1) is 13.7. The first-order valence-corrected chi connectivity index (χ1v) is 10.3. The fraction of sp³-hybridized carbons (Fsp3) is 0.619. The van der Waals surface area contributed by atoms with Crippen LogP contribution in [0.1, 0.15) is 29.6 Å². The summed E-state index contributed by atoms with van der Waals surface area (Å²) in [6, 6.07) is 7.38. The Labute approximate surface area is 165 Å². The molecule has 1 aliphatic carbocycles. The summed E-state index contributed by atoms with van der Waals surface area (Å²) >= 11 is 0. The maximum atomic E-state index is 12.6. The van der Waals surface area contributed by atoms with Crippen LogP contribution < -0.4 is 10.6 Å². The van der Waals surface area contributed by atoms with E-state index in [-0.39, 0.29) is 23.8 Å². The highest BCUT2D eigenvalue weighted by Crippen LogP contribution is 2.30. The van der Waals surface area contributed by atoms with Crippen molar-refractivity contribution in [2.45, 2.75) is 25.3 Å². The van der Waals surface area contributed by atoms with E-state index in [1.165, 1.54) is 0 Å². The van der Waals surface area contributed by atoms with Crippen LogP contribution in [0.2, 0.25) is 0 Å². The monoisotopic (exact) mass is 387 g/mol. The van der Waals surface area contributed by atoms with Crippen molar-refractivity contribution in [2.24, 2.45) is 11.8 Å². The van der Waals surface area contributed by atoms with Gasteiger partial charge in [-0.2, -0.15) is 0 Å². The van der Waals surface area contributed by atoms with Crippen molar-refractivity contribution in [1.29, 1.82) is 0 Å². The maximum Gasteiger partial charge on any atom is 0.251 e. The predicted octanol–water partition coefficient (Wildman–Crippen LogP) is 1.50. The fourth-order valence-corrected chi connectivity index (χ4v) is 3.95. The van der Waals surface area contributed by atoms with Gasteiger partial charge in [-0.3, -0.25) is 14.5 Å². The number of morpholine rings is 1. The third-order valence-corrected chi connectivity index (χ3v) is 5.86. The van der Waals surface area contributed by atoms with E-state index in [0.29, 0.717) is 18.0 Å². The lowest BCUT2D eigenvalue weighted by atomic mass is 9.96. The Kier molecular flexibility index (Phi) is 6.24. The van der Waals surface area contributed by atoms with Gasteiger partial charge in [0.25, 0.3) is 5.91 Å². The van der Waals surface area contributed by atoms with Gasteiger partial charge in [-0.1, -0.05) is 0 Å². The van der Waals surface area contributed by atoms with Gasteiger partial charge in [0.15, 0.2) is 0 Å². The minimum atomic E-state index is -0.0859. The Morgan fingerprint density at radius 1 is 1.04 bits per heavy atom. The molecule has 2 N–H and O–H groups in total. The van der Waals surface area contributed by atoms with Crippen LogP contribution in [0.5, 0.6) is 0 Å². The lowest BCUT2D eigenvalue weighted by molar-refractivity contribution is -0.117. The average Bonchev–Trinajstić information content (AvgIpc) is 3.45. The van der Waals surface area contributed by atoms with Gasteiger partial charge < -0.3 is 20.1 Å². The number of carbonyl (C=O) groups excluding carboxylic acids is 2. The van der Waals surface area contributed by atoms with E-state index in [2.05, 4.69) is 15.5 Å². The van der Waals surface area contributed by atoms with Gasteiger partial charge in [-0.05, 0) is 43.5 Å². The van der Waals surface area contributed by atoms with E-state index >= 15 is 0 Å². The highest BCUT2D eigenvalue weighted by molar-refractivity contribution is 5.96. The molecule has 1 saturated carbocycles. The third-order valence-electron chi connectivity index (χ3n) is 5.86. The molecule has 152 valence electrons. The topological polar surface area (TPSA) is 79.9 Å². The Bertz CT molecular complexity index is 677. The highest BCUT2D eigenvalue weighted by Gasteiger charge is 2.32. The standard InChI is InChI=1S/C21H29N3O4/c25-20(15-3-5-18(6-4-15)23-21(26)16-1-2-16)22-13-19(17-7-10-28-14-17)24-8-11-27-12-9-24/h3-6,16-17,19H,1-2,7-14H2,(H,22,25)(H,23,26). The summed E-state index contributed by atoms with van der Waals surface area (Å²) in [5.41, 5.74) is 1.34. The second kappa shape index (κ2) is 9.03. The summed E-state index contributed by atoms with van der Waals surface area (Å²) in [7, 11) is 0. The van der Waals surface area contributed by atoms with Crippen LogP contribution in [0.15, 0.2) is 24.3 Å².